The molecule has 0 aliphatic carbocycles. The van der Waals surface area contributed by atoms with E-state index in [0.717, 1.165) is 6.42 Å². The molecule has 3 rings (SSSR count). The number of alkyl halides is 2. The first kappa shape index (κ1) is 25.1. The molecule has 0 saturated heterocycles. The Morgan fingerprint density at radius 3 is 2.64 bits per heavy atom. The van der Waals surface area contributed by atoms with E-state index in [9.17, 15) is 13.6 Å². The summed E-state index contributed by atoms with van der Waals surface area (Å²) in [6, 6.07) is 6.34. The minimum atomic E-state index is -2.88. The highest BCUT2D eigenvalue weighted by molar-refractivity contribution is 6.31. The number of hydrogen-bond donors (Lipinski definition) is 1. The van der Waals surface area contributed by atoms with Crippen LogP contribution in [0.25, 0.3) is 5.70 Å². The standard InChI is InChI=1S/C24H26Cl2F2N4O/c1-5-9-32-15(4)18-11-16(25)10-17(23(18)31-22(32)12-24(27,28)6-2)14(3)29-19-7-8-21(26)30-20(19)13-33/h7-8,10-11,13-14,29H,4-6,9,12H2,1-3H3. The Balaban J connectivity index is 2.09. The van der Waals surface area contributed by atoms with E-state index >= 15 is 0 Å². The zero-order chi connectivity index (χ0) is 24.3. The Labute approximate surface area is 202 Å². The number of anilines is 1. The average molecular weight is 495 g/mol. The van der Waals surface area contributed by atoms with Gasteiger partial charge in [0.15, 0.2) is 6.29 Å². The summed E-state index contributed by atoms with van der Waals surface area (Å²) in [5.74, 6) is -2.61. The summed E-state index contributed by atoms with van der Waals surface area (Å²) in [6.45, 7) is 9.99. The van der Waals surface area contributed by atoms with Crippen LogP contribution in [-0.4, -0.2) is 34.5 Å². The molecule has 1 atom stereocenters. The van der Waals surface area contributed by atoms with Crippen molar-refractivity contribution in [2.75, 3.05) is 11.9 Å². The molecule has 5 nitrogen and oxygen atoms in total. The number of nitrogens with one attached hydrogen (secondary N) is 1. The maximum Gasteiger partial charge on any atom is 0.254 e. The molecular weight excluding hydrogens is 469 g/mol. The third-order valence-electron chi connectivity index (χ3n) is 5.52. The van der Waals surface area contributed by atoms with Gasteiger partial charge >= 0.3 is 0 Å². The van der Waals surface area contributed by atoms with Gasteiger partial charge in [-0.1, -0.05) is 43.6 Å². The largest absolute Gasteiger partial charge is 0.377 e. The van der Waals surface area contributed by atoms with E-state index in [0.29, 0.717) is 46.1 Å². The van der Waals surface area contributed by atoms with Crippen LogP contribution < -0.4 is 5.32 Å². The van der Waals surface area contributed by atoms with Crippen LogP contribution in [0.1, 0.15) is 67.7 Å². The van der Waals surface area contributed by atoms with Gasteiger partial charge in [-0.25, -0.2) is 18.8 Å². The fourth-order valence-electron chi connectivity index (χ4n) is 3.74. The summed E-state index contributed by atoms with van der Waals surface area (Å²) in [6.07, 6.45) is 0.591. The number of hydrogen-bond acceptors (Lipinski definition) is 5. The lowest BCUT2D eigenvalue weighted by Gasteiger charge is -2.35. The zero-order valence-corrected chi connectivity index (χ0v) is 20.3. The van der Waals surface area contributed by atoms with E-state index in [1.807, 2.05) is 13.8 Å². The van der Waals surface area contributed by atoms with Gasteiger partial charge in [-0.2, -0.15) is 0 Å². The SMILES string of the molecule is C=C1c2cc(Cl)cc(C(C)Nc3ccc(Cl)nc3C=O)c2N=C(CC(F)(F)CC)N1CCC. The molecule has 1 N–H and O–H groups in total. The number of aliphatic imine (C=N–C) groups is 1. The molecule has 2 heterocycles. The molecule has 0 saturated carbocycles. The van der Waals surface area contributed by atoms with Gasteiger partial charge in [-0.3, -0.25) is 4.79 Å². The molecule has 1 aromatic heterocycles. The Morgan fingerprint density at radius 1 is 1.27 bits per heavy atom. The Hall–Kier alpha value is -2.51. The number of benzene rings is 1. The lowest BCUT2D eigenvalue weighted by atomic mass is 9.96. The summed E-state index contributed by atoms with van der Waals surface area (Å²) in [4.78, 5) is 21.9. The molecule has 9 heteroatoms. The number of aromatic nitrogens is 1. The van der Waals surface area contributed by atoms with Crippen molar-refractivity contribution in [3.05, 3.63) is 57.8 Å². The first-order chi connectivity index (χ1) is 15.6. The monoisotopic (exact) mass is 494 g/mol. The van der Waals surface area contributed by atoms with Gasteiger partial charge in [0, 0.05) is 34.8 Å². The first-order valence-electron chi connectivity index (χ1n) is 10.7. The van der Waals surface area contributed by atoms with Crippen LogP contribution in [0, 0.1) is 0 Å². The number of aldehydes is 1. The second-order valence-electron chi connectivity index (χ2n) is 7.95. The minimum absolute atomic E-state index is 0.163. The number of halogens is 4. The molecule has 2 aromatic rings. The maximum atomic E-state index is 14.4. The van der Waals surface area contributed by atoms with Gasteiger partial charge in [0.05, 0.1) is 23.8 Å². The zero-order valence-electron chi connectivity index (χ0n) is 18.8. The van der Waals surface area contributed by atoms with E-state index in [1.165, 1.54) is 6.92 Å². The van der Waals surface area contributed by atoms with E-state index in [4.69, 9.17) is 23.2 Å². The van der Waals surface area contributed by atoms with Crippen LogP contribution in [0.2, 0.25) is 10.2 Å². The summed E-state index contributed by atoms with van der Waals surface area (Å²) >= 11 is 12.3. The van der Waals surface area contributed by atoms with Gasteiger partial charge in [-0.15, -0.1) is 0 Å². The topological polar surface area (TPSA) is 57.6 Å². The van der Waals surface area contributed by atoms with Crippen molar-refractivity contribution >= 4 is 52.4 Å². The van der Waals surface area contributed by atoms with Crippen molar-refractivity contribution in [2.24, 2.45) is 4.99 Å². The molecule has 0 amide bonds. The number of carbonyl (C=O) groups excluding carboxylic acids is 1. The third kappa shape index (κ3) is 5.53. The van der Waals surface area contributed by atoms with Crippen LogP contribution in [0.5, 0.6) is 0 Å². The number of pyridine rings is 1. The summed E-state index contributed by atoms with van der Waals surface area (Å²) in [5.41, 5.74) is 3.15. The van der Waals surface area contributed by atoms with Crippen molar-refractivity contribution in [2.45, 2.75) is 52.0 Å². The molecule has 1 unspecified atom stereocenters. The maximum absolute atomic E-state index is 14.4. The molecule has 1 aromatic carbocycles. The Morgan fingerprint density at radius 2 is 2.00 bits per heavy atom. The molecule has 0 bridgehead atoms. The normalized spacial score (nSPS) is 14.6. The smallest absolute Gasteiger partial charge is 0.254 e. The first-order valence-corrected chi connectivity index (χ1v) is 11.5. The predicted molar refractivity (Wildman–Crippen MR) is 131 cm³/mol. The highest BCUT2D eigenvalue weighted by Gasteiger charge is 2.34. The number of rotatable bonds is 9. The number of fused-ring (bicyclic) bond motifs is 1. The molecule has 0 radical (unpaired) electrons. The van der Waals surface area contributed by atoms with E-state index in [1.54, 1.807) is 29.2 Å². The highest BCUT2D eigenvalue weighted by Crippen LogP contribution is 2.43. The molecule has 33 heavy (non-hydrogen) atoms. The van der Waals surface area contributed by atoms with Crippen molar-refractivity contribution in [3.63, 3.8) is 0 Å². The average Bonchev–Trinajstić information content (AvgIpc) is 2.77. The van der Waals surface area contributed by atoms with Gasteiger partial charge in [0.1, 0.15) is 16.7 Å². The van der Waals surface area contributed by atoms with Crippen molar-refractivity contribution in [1.29, 1.82) is 0 Å². The molecule has 1 aliphatic rings. The highest BCUT2D eigenvalue weighted by atomic mass is 35.5. The third-order valence-corrected chi connectivity index (χ3v) is 5.94. The van der Waals surface area contributed by atoms with Gasteiger partial charge in [0.25, 0.3) is 5.92 Å². The van der Waals surface area contributed by atoms with E-state index in [2.05, 4.69) is 21.9 Å². The van der Waals surface area contributed by atoms with Crippen LogP contribution >= 0.6 is 23.2 Å². The van der Waals surface area contributed by atoms with Gasteiger partial charge in [-0.05, 0) is 37.6 Å². The fraction of sp³-hybridized carbons (Fsp3) is 0.375. The number of nitrogens with zero attached hydrogens (tertiary/aromatic N) is 3. The lowest BCUT2D eigenvalue weighted by molar-refractivity contribution is 0.00326. The van der Waals surface area contributed by atoms with Crippen LogP contribution in [0.15, 0.2) is 35.8 Å². The second kappa shape index (κ2) is 10.2. The Bertz CT molecular complexity index is 1100. The summed E-state index contributed by atoms with van der Waals surface area (Å²) in [5, 5.41) is 3.91. The Kier molecular flexibility index (Phi) is 7.75. The summed E-state index contributed by atoms with van der Waals surface area (Å²) in [7, 11) is 0. The van der Waals surface area contributed by atoms with Crippen molar-refractivity contribution < 1.29 is 13.6 Å². The van der Waals surface area contributed by atoms with E-state index in [-0.39, 0.29) is 29.1 Å². The van der Waals surface area contributed by atoms with Crippen molar-refractivity contribution in [3.8, 4) is 0 Å². The fourth-order valence-corrected chi connectivity index (χ4v) is 4.12. The van der Waals surface area contributed by atoms with Crippen LogP contribution in [0.3, 0.4) is 0 Å². The molecular formula is C24H26Cl2F2N4O. The van der Waals surface area contributed by atoms with Crippen LogP contribution in [0.4, 0.5) is 20.2 Å². The molecule has 0 spiro atoms. The quantitative estimate of drug-likeness (QED) is 0.289. The van der Waals surface area contributed by atoms with Crippen molar-refractivity contribution in [1.82, 2.24) is 9.88 Å². The molecule has 1 aliphatic heterocycles. The lowest BCUT2D eigenvalue weighted by Crippen LogP contribution is -2.36. The number of amidine groups is 1. The second-order valence-corrected chi connectivity index (χ2v) is 8.78. The summed E-state index contributed by atoms with van der Waals surface area (Å²) < 4.78 is 28.7. The van der Waals surface area contributed by atoms with E-state index < -0.39 is 12.3 Å². The minimum Gasteiger partial charge on any atom is -0.377 e. The van der Waals surface area contributed by atoms with Crippen LogP contribution in [-0.2, 0) is 0 Å². The molecule has 0 fully saturated rings. The van der Waals surface area contributed by atoms with Gasteiger partial charge < -0.3 is 10.2 Å². The van der Waals surface area contributed by atoms with Gasteiger partial charge in [0.2, 0.25) is 0 Å². The number of carbonyl (C=O) groups is 1. The molecule has 176 valence electrons. The predicted octanol–water partition coefficient (Wildman–Crippen LogP) is 7.54.